The molecule has 1 spiro atoms. The molecule has 6 nitrogen and oxygen atoms in total. The van der Waals surface area contributed by atoms with E-state index in [0.29, 0.717) is 6.04 Å². The fourth-order valence-corrected chi connectivity index (χ4v) is 4.82. The van der Waals surface area contributed by atoms with Crippen LogP contribution >= 0.6 is 0 Å². The van der Waals surface area contributed by atoms with Crippen LogP contribution in [0.2, 0.25) is 0 Å². The summed E-state index contributed by atoms with van der Waals surface area (Å²) in [5.74, 6) is 0.988. The summed E-state index contributed by atoms with van der Waals surface area (Å²) in [7, 11) is 0. The molecule has 0 aromatic carbocycles. The Morgan fingerprint density at radius 3 is 3.04 bits per heavy atom. The molecule has 134 valence electrons. The first-order valence-electron chi connectivity index (χ1n) is 9.78. The van der Waals surface area contributed by atoms with Crippen molar-refractivity contribution in [2.24, 2.45) is 0 Å². The normalized spacial score (nSPS) is 25.8. The molecule has 1 N–H and O–H groups in total. The molecule has 2 aromatic rings. The maximum Gasteiger partial charge on any atom is 0.160 e. The topological polar surface area (TPSA) is 56.9 Å². The molecule has 6 heteroatoms. The van der Waals surface area contributed by atoms with Crippen LogP contribution in [0.3, 0.4) is 0 Å². The molecule has 1 atom stereocenters. The third-order valence-electron chi connectivity index (χ3n) is 6.14. The molecule has 4 heterocycles. The lowest BCUT2D eigenvalue weighted by atomic mass is 9.82. The Kier molecular flexibility index (Phi) is 3.90. The average Bonchev–Trinajstić information content (AvgIpc) is 3.32. The molecule has 5 rings (SSSR count). The van der Waals surface area contributed by atoms with Gasteiger partial charge in [-0.3, -0.25) is 4.68 Å². The minimum atomic E-state index is 0.125. The zero-order valence-corrected chi connectivity index (χ0v) is 14.8. The van der Waals surface area contributed by atoms with Crippen molar-refractivity contribution in [2.45, 2.75) is 69.7 Å². The lowest BCUT2D eigenvalue weighted by molar-refractivity contribution is -0.0247. The van der Waals surface area contributed by atoms with Gasteiger partial charge in [0.15, 0.2) is 5.82 Å². The largest absolute Gasteiger partial charge is 0.373 e. The van der Waals surface area contributed by atoms with Gasteiger partial charge in [0.05, 0.1) is 23.9 Å². The first-order valence-corrected chi connectivity index (χ1v) is 9.78. The standard InChI is InChI=1S/C19H27N5O/c1-2-5-19(6-3-1)12-16(14-25-19)23-10-8-21-18(23)17-11-15-13-20-7-4-9-24(15)22-17/h8,10-11,16,20H,1-7,9,12-14H2/t16-/m1/s1. The number of rotatable bonds is 2. The molecule has 2 aromatic heterocycles. The molecular weight excluding hydrogens is 314 g/mol. The van der Waals surface area contributed by atoms with E-state index in [1.54, 1.807) is 0 Å². The Morgan fingerprint density at radius 1 is 1.20 bits per heavy atom. The SMILES string of the molecule is c1cn([C@H]2COC3(CCCCC3)C2)c(-c2cc3n(n2)CCCNC3)n1. The molecule has 1 saturated heterocycles. The second-order valence-corrected chi connectivity index (χ2v) is 7.85. The highest BCUT2D eigenvalue weighted by atomic mass is 16.5. The fraction of sp³-hybridized carbons (Fsp3) is 0.684. The number of aryl methyl sites for hydroxylation is 1. The number of hydrogen-bond donors (Lipinski definition) is 1. The second kappa shape index (κ2) is 6.25. The van der Waals surface area contributed by atoms with Crippen LogP contribution in [0.1, 0.15) is 56.7 Å². The summed E-state index contributed by atoms with van der Waals surface area (Å²) in [5.41, 5.74) is 2.38. The van der Waals surface area contributed by atoms with Crippen molar-refractivity contribution in [3.8, 4) is 11.5 Å². The molecule has 0 amide bonds. The Labute approximate surface area is 148 Å². The molecule has 2 fully saturated rings. The van der Waals surface area contributed by atoms with Gasteiger partial charge in [-0.05, 0) is 38.3 Å². The van der Waals surface area contributed by atoms with Crippen LogP contribution in [0.25, 0.3) is 11.5 Å². The van der Waals surface area contributed by atoms with Gasteiger partial charge >= 0.3 is 0 Å². The predicted molar refractivity (Wildman–Crippen MR) is 95.2 cm³/mol. The number of fused-ring (bicyclic) bond motifs is 1. The fourth-order valence-electron chi connectivity index (χ4n) is 4.82. The summed E-state index contributed by atoms with van der Waals surface area (Å²) >= 11 is 0. The second-order valence-electron chi connectivity index (χ2n) is 7.85. The molecule has 1 aliphatic carbocycles. The number of ether oxygens (including phenoxy) is 1. The summed E-state index contributed by atoms with van der Waals surface area (Å²) in [6.07, 6.45) is 12.7. The number of nitrogens with zero attached hydrogens (tertiary/aromatic N) is 4. The van der Waals surface area contributed by atoms with Gasteiger partial charge in [0.2, 0.25) is 0 Å². The van der Waals surface area contributed by atoms with E-state index in [1.807, 2.05) is 6.20 Å². The lowest BCUT2D eigenvalue weighted by Gasteiger charge is -2.32. The van der Waals surface area contributed by atoms with E-state index in [0.717, 1.165) is 50.6 Å². The van der Waals surface area contributed by atoms with Gasteiger partial charge in [0.25, 0.3) is 0 Å². The smallest absolute Gasteiger partial charge is 0.160 e. The van der Waals surface area contributed by atoms with Gasteiger partial charge < -0.3 is 14.6 Å². The predicted octanol–water partition coefficient (Wildman–Crippen LogP) is 2.90. The maximum absolute atomic E-state index is 6.32. The van der Waals surface area contributed by atoms with Crippen LogP contribution in [0.4, 0.5) is 0 Å². The molecule has 0 unspecified atom stereocenters. The molecule has 0 radical (unpaired) electrons. The summed E-state index contributed by atoms with van der Waals surface area (Å²) in [6, 6.07) is 2.58. The first-order chi connectivity index (χ1) is 12.3. The van der Waals surface area contributed by atoms with E-state index >= 15 is 0 Å². The van der Waals surface area contributed by atoms with Gasteiger partial charge in [0.1, 0.15) is 5.69 Å². The van der Waals surface area contributed by atoms with Crippen LogP contribution in [0.5, 0.6) is 0 Å². The van der Waals surface area contributed by atoms with Crippen molar-refractivity contribution in [3.63, 3.8) is 0 Å². The molecule has 2 aliphatic heterocycles. The minimum Gasteiger partial charge on any atom is -0.373 e. The van der Waals surface area contributed by atoms with Crippen LogP contribution in [-0.2, 0) is 17.8 Å². The van der Waals surface area contributed by atoms with Crippen molar-refractivity contribution < 1.29 is 4.74 Å². The Balaban J connectivity index is 1.41. The quantitative estimate of drug-likeness (QED) is 0.912. The van der Waals surface area contributed by atoms with Gasteiger partial charge in [-0.25, -0.2) is 4.98 Å². The van der Waals surface area contributed by atoms with Crippen molar-refractivity contribution in [1.29, 1.82) is 0 Å². The van der Waals surface area contributed by atoms with E-state index in [2.05, 4.69) is 31.8 Å². The van der Waals surface area contributed by atoms with E-state index in [4.69, 9.17) is 9.84 Å². The zero-order chi connectivity index (χ0) is 16.7. The summed E-state index contributed by atoms with van der Waals surface area (Å²) in [5, 5.41) is 8.30. The van der Waals surface area contributed by atoms with E-state index in [1.165, 1.54) is 37.8 Å². The Hall–Kier alpha value is -1.66. The van der Waals surface area contributed by atoms with Gasteiger partial charge in [-0.2, -0.15) is 5.10 Å². The third kappa shape index (κ3) is 2.81. The van der Waals surface area contributed by atoms with Crippen LogP contribution in [0.15, 0.2) is 18.5 Å². The van der Waals surface area contributed by atoms with E-state index in [-0.39, 0.29) is 5.60 Å². The molecule has 1 saturated carbocycles. The number of imidazole rings is 1. The van der Waals surface area contributed by atoms with Crippen LogP contribution in [0, 0.1) is 0 Å². The zero-order valence-electron chi connectivity index (χ0n) is 14.8. The highest BCUT2D eigenvalue weighted by Crippen LogP contribution is 2.44. The van der Waals surface area contributed by atoms with Gasteiger partial charge in [-0.1, -0.05) is 19.3 Å². The molecule has 3 aliphatic rings. The van der Waals surface area contributed by atoms with E-state index in [9.17, 15) is 0 Å². The lowest BCUT2D eigenvalue weighted by Crippen LogP contribution is -2.30. The summed E-state index contributed by atoms with van der Waals surface area (Å²) < 4.78 is 10.8. The molecule has 25 heavy (non-hydrogen) atoms. The Morgan fingerprint density at radius 2 is 2.12 bits per heavy atom. The number of aromatic nitrogens is 4. The van der Waals surface area contributed by atoms with Crippen LogP contribution < -0.4 is 5.32 Å². The van der Waals surface area contributed by atoms with Crippen molar-refractivity contribution in [2.75, 3.05) is 13.2 Å². The third-order valence-corrected chi connectivity index (χ3v) is 6.14. The first kappa shape index (κ1) is 15.6. The highest BCUT2D eigenvalue weighted by molar-refractivity contribution is 5.50. The number of hydrogen-bond acceptors (Lipinski definition) is 4. The maximum atomic E-state index is 6.32. The monoisotopic (exact) mass is 341 g/mol. The van der Waals surface area contributed by atoms with Gasteiger partial charge in [-0.15, -0.1) is 0 Å². The number of nitrogens with one attached hydrogen (secondary N) is 1. The van der Waals surface area contributed by atoms with Gasteiger partial charge in [0, 0.05) is 25.5 Å². The minimum absolute atomic E-state index is 0.125. The van der Waals surface area contributed by atoms with E-state index < -0.39 is 0 Å². The Bertz CT molecular complexity index is 719. The summed E-state index contributed by atoms with van der Waals surface area (Å²) in [4.78, 5) is 4.64. The average molecular weight is 341 g/mol. The van der Waals surface area contributed by atoms with Crippen molar-refractivity contribution >= 4 is 0 Å². The molecular formula is C19H27N5O. The highest BCUT2D eigenvalue weighted by Gasteiger charge is 2.42. The van der Waals surface area contributed by atoms with Crippen molar-refractivity contribution in [3.05, 3.63) is 24.2 Å². The summed E-state index contributed by atoms with van der Waals surface area (Å²) in [6.45, 7) is 3.75. The molecule has 0 bridgehead atoms. The van der Waals surface area contributed by atoms with Crippen molar-refractivity contribution in [1.82, 2.24) is 24.6 Å². The van der Waals surface area contributed by atoms with Crippen LogP contribution in [-0.4, -0.2) is 38.1 Å².